The summed E-state index contributed by atoms with van der Waals surface area (Å²) in [5, 5.41) is 0. The maximum Gasteiger partial charge on any atom is 0.302 e. The van der Waals surface area contributed by atoms with Gasteiger partial charge in [-0.05, 0) is 12.5 Å². The second kappa shape index (κ2) is 4.49. The topological polar surface area (TPSA) is 26.3 Å². The number of esters is 1. The first kappa shape index (κ1) is 9.69. The summed E-state index contributed by atoms with van der Waals surface area (Å²) in [5.41, 5.74) is 0.601. The standard InChI is InChI=1S/C7H16O2Si/c1-4-7(10)5(2)9-6(3)8/h5,7H,4H2,1-3,10H3. The number of ether oxygens (including phenoxy) is 1. The Morgan fingerprint density at radius 3 is 2.50 bits per heavy atom. The third kappa shape index (κ3) is 3.66. The highest BCUT2D eigenvalue weighted by molar-refractivity contribution is 6.12. The van der Waals surface area contributed by atoms with Gasteiger partial charge >= 0.3 is 5.97 Å². The Morgan fingerprint density at radius 1 is 1.70 bits per heavy atom. The highest BCUT2D eigenvalue weighted by atomic mass is 28.1. The van der Waals surface area contributed by atoms with E-state index < -0.39 is 0 Å². The molecule has 0 aromatic rings. The zero-order valence-electron chi connectivity index (χ0n) is 7.18. The predicted molar refractivity (Wildman–Crippen MR) is 45.2 cm³/mol. The van der Waals surface area contributed by atoms with Crippen LogP contribution in [0.25, 0.3) is 0 Å². The van der Waals surface area contributed by atoms with Gasteiger partial charge in [0, 0.05) is 17.2 Å². The maximum atomic E-state index is 10.5. The molecule has 60 valence electrons. The minimum absolute atomic E-state index is 0.120. The zero-order chi connectivity index (χ0) is 8.15. The van der Waals surface area contributed by atoms with Crippen LogP contribution < -0.4 is 0 Å². The first-order chi connectivity index (χ1) is 4.57. The molecule has 0 spiro atoms. The van der Waals surface area contributed by atoms with E-state index in [0.29, 0.717) is 5.54 Å². The van der Waals surface area contributed by atoms with Crippen molar-refractivity contribution < 1.29 is 9.53 Å². The second-order valence-electron chi connectivity index (χ2n) is 2.70. The molecule has 2 nitrogen and oxygen atoms in total. The largest absolute Gasteiger partial charge is 0.463 e. The van der Waals surface area contributed by atoms with E-state index in [1.165, 1.54) is 6.92 Å². The molecular weight excluding hydrogens is 144 g/mol. The summed E-state index contributed by atoms with van der Waals surface area (Å²) < 4.78 is 5.00. The smallest absolute Gasteiger partial charge is 0.302 e. The van der Waals surface area contributed by atoms with Crippen LogP contribution in [-0.2, 0) is 9.53 Å². The van der Waals surface area contributed by atoms with Gasteiger partial charge in [0.15, 0.2) is 0 Å². The van der Waals surface area contributed by atoms with E-state index in [1.54, 1.807) is 0 Å². The lowest BCUT2D eigenvalue weighted by molar-refractivity contribution is -0.145. The molecule has 0 bridgehead atoms. The average molecular weight is 160 g/mol. The van der Waals surface area contributed by atoms with E-state index in [1.807, 2.05) is 6.92 Å². The van der Waals surface area contributed by atoms with Crippen LogP contribution in [0.1, 0.15) is 27.2 Å². The van der Waals surface area contributed by atoms with E-state index in [9.17, 15) is 4.79 Å². The van der Waals surface area contributed by atoms with Crippen molar-refractivity contribution in [2.24, 2.45) is 0 Å². The summed E-state index contributed by atoms with van der Waals surface area (Å²) in [7, 11) is 1.10. The minimum atomic E-state index is -0.165. The van der Waals surface area contributed by atoms with Gasteiger partial charge in [0.05, 0.1) is 6.10 Å². The fraction of sp³-hybridized carbons (Fsp3) is 0.857. The summed E-state index contributed by atoms with van der Waals surface area (Å²) in [6, 6.07) is 0. The van der Waals surface area contributed by atoms with Crippen LogP contribution in [-0.4, -0.2) is 22.3 Å². The quantitative estimate of drug-likeness (QED) is 0.444. The Bertz CT molecular complexity index is 114. The van der Waals surface area contributed by atoms with Gasteiger partial charge in [0.1, 0.15) is 0 Å². The van der Waals surface area contributed by atoms with Crippen LogP contribution in [0.15, 0.2) is 0 Å². The zero-order valence-corrected chi connectivity index (χ0v) is 9.18. The Balaban J connectivity index is 3.61. The van der Waals surface area contributed by atoms with Crippen molar-refractivity contribution in [1.29, 1.82) is 0 Å². The van der Waals surface area contributed by atoms with E-state index in [0.717, 1.165) is 16.7 Å². The molecule has 0 aromatic carbocycles. The van der Waals surface area contributed by atoms with Gasteiger partial charge in [-0.15, -0.1) is 0 Å². The summed E-state index contributed by atoms with van der Waals surface area (Å²) >= 11 is 0. The van der Waals surface area contributed by atoms with Gasteiger partial charge in [-0.3, -0.25) is 4.79 Å². The molecule has 0 aliphatic heterocycles. The molecule has 0 aliphatic carbocycles. The molecule has 2 atom stereocenters. The molecule has 0 saturated heterocycles. The molecule has 0 radical (unpaired) electrons. The van der Waals surface area contributed by atoms with Gasteiger partial charge in [-0.25, -0.2) is 0 Å². The van der Waals surface area contributed by atoms with Crippen LogP contribution >= 0.6 is 0 Å². The highest BCUT2D eigenvalue weighted by Crippen LogP contribution is 2.13. The van der Waals surface area contributed by atoms with Crippen LogP contribution in [0.2, 0.25) is 5.54 Å². The Labute approximate surface area is 65.4 Å². The summed E-state index contributed by atoms with van der Waals surface area (Å²) in [6.45, 7) is 5.54. The molecule has 0 heterocycles. The van der Waals surface area contributed by atoms with Gasteiger partial charge in [0.2, 0.25) is 0 Å². The third-order valence-corrected chi connectivity index (χ3v) is 3.55. The second-order valence-corrected chi connectivity index (χ2v) is 4.18. The monoisotopic (exact) mass is 160 g/mol. The number of hydrogen-bond acceptors (Lipinski definition) is 2. The molecule has 0 aliphatic rings. The summed E-state index contributed by atoms with van der Waals surface area (Å²) in [6.07, 6.45) is 1.23. The molecule has 0 rings (SSSR count). The molecular formula is C7H16O2Si. The van der Waals surface area contributed by atoms with Crippen molar-refractivity contribution in [1.82, 2.24) is 0 Å². The van der Waals surface area contributed by atoms with Crippen molar-refractivity contribution in [2.45, 2.75) is 38.8 Å². The lowest BCUT2D eigenvalue weighted by atomic mass is 10.2. The summed E-state index contributed by atoms with van der Waals surface area (Å²) in [5.74, 6) is -0.165. The normalized spacial score (nSPS) is 16.3. The van der Waals surface area contributed by atoms with Gasteiger partial charge in [0.25, 0.3) is 0 Å². The Hall–Kier alpha value is -0.313. The first-order valence-corrected chi connectivity index (χ1v) is 4.90. The van der Waals surface area contributed by atoms with Crippen LogP contribution in [0.5, 0.6) is 0 Å². The lowest BCUT2D eigenvalue weighted by Crippen LogP contribution is -2.18. The molecule has 3 heteroatoms. The molecule has 0 fully saturated rings. The van der Waals surface area contributed by atoms with Gasteiger partial charge in [-0.1, -0.05) is 13.3 Å². The number of carbonyl (C=O) groups excluding carboxylic acids is 1. The SMILES string of the molecule is CCC([SiH3])C(C)OC(C)=O. The predicted octanol–water partition coefficient (Wildman–Crippen LogP) is 0.502. The minimum Gasteiger partial charge on any atom is -0.463 e. The van der Waals surface area contributed by atoms with Crippen molar-refractivity contribution in [2.75, 3.05) is 0 Å². The summed E-state index contributed by atoms with van der Waals surface area (Å²) in [4.78, 5) is 10.5. The van der Waals surface area contributed by atoms with Crippen LogP contribution in [0.3, 0.4) is 0 Å². The van der Waals surface area contributed by atoms with Crippen molar-refractivity contribution in [3.8, 4) is 0 Å². The molecule has 0 N–H and O–H groups in total. The van der Waals surface area contributed by atoms with E-state index in [2.05, 4.69) is 6.92 Å². The van der Waals surface area contributed by atoms with Crippen molar-refractivity contribution >= 4 is 16.2 Å². The van der Waals surface area contributed by atoms with Crippen LogP contribution in [0.4, 0.5) is 0 Å². The number of hydrogen-bond donors (Lipinski definition) is 0. The fourth-order valence-corrected chi connectivity index (χ4v) is 0.846. The molecule has 0 amide bonds. The van der Waals surface area contributed by atoms with Crippen molar-refractivity contribution in [3.05, 3.63) is 0 Å². The van der Waals surface area contributed by atoms with Gasteiger partial charge in [-0.2, -0.15) is 0 Å². The molecule has 10 heavy (non-hydrogen) atoms. The van der Waals surface area contributed by atoms with E-state index >= 15 is 0 Å². The van der Waals surface area contributed by atoms with E-state index in [4.69, 9.17) is 4.74 Å². The molecule has 0 aromatic heterocycles. The molecule has 0 saturated carbocycles. The lowest BCUT2D eigenvalue weighted by Gasteiger charge is -2.17. The number of carbonyl (C=O) groups is 1. The molecule has 2 unspecified atom stereocenters. The Kier molecular flexibility index (Phi) is 4.35. The van der Waals surface area contributed by atoms with Gasteiger partial charge < -0.3 is 4.74 Å². The van der Waals surface area contributed by atoms with E-state index in [-0.39, 0.29) is 12.1 Å². The first-order valence-electron chi connectivity index (χ1n) is 3.75. The Morgan fingerprint density at radius 2 is 2.20 bits per heavy atom. The average Bonchev–Trinajstić information content (AvgIpc) is 1.85. The van der Waals surface area contributed by atoms with Crippen molar-refractivity contribution in [3.63, 3.8) is 0 Å². The third-order valence-electron chi connectivity index (χ3n) is 1.80. The van der Waals surface area contributed by atoms with Crippen LogP contribution in [0, 0.1) is 0 Å². The maximum absolute atomic E-state index is 10.5. The fourth-order valence-electron chi connectivity index (χ4n) is 0.710. The number of rotatable bonds is 3. The highest BCUT2D eigenvalue weighted by Gasteiger charge is 2.11.